The fourth-order valence-corrected chi connectivity index (χ4v) is 4.80. The highest BCUT2D eigenvalue weighted by Crippen LogP contribution is 2.33. The summed E-state index contributed by atoms with van der Waals surface area (Å²) in [5, 5.41) is 19.7. The molecule has 6 rings (SSSR count). The monoisotopic (exact) mass is 503 g/mol. The molecule has 0 saturated heterocycles. The number of hydrogen-bond donors (Lipinski definition) is 3. The predicted octanol–water partition coefficient (Wildman–Crippen LogP) is 4.25. The first-order valence-corrected chi connectivity index (χ1v) is 11.5. The van der Waals surface area contributed by atoms with Crippen LogP contribution in [0.5, 0.6) is 0 Å². The van der Waals surface area contributed by atoms with E-state index in [4.69, 9.17) is 21.1 Å². The fourth-order valence-electron chi connectivity index (χ4n) is 4.63. The lowest BCUT2D eigenvalue weighted by Gasteiger charge is -2.17. The second-order valence-electron chi connectivity index (χ2n) is 8.53. The number of carboxylic acids is 1. The molecule has 3 aromatic heterocycles. The molecule has 36 heavy (non-hydrogen) atoms. The normalized spacial score (nSPS) is 14.8. The average molecular weight is 504 g/mol. The minimum atomic E-state index is -1.17. The molecule has 5 aromatic rings. The van der Waals surface area contributed by atoms with E-state index in [9.17, 15) is 14.4 Å². The van der Waals surface area contributed by atoms with Crippen LogP contribution >= 0.6 is 11.6 Å². The number of furan rings is 1. The van der Waals surface area contributed by atoms with Gasteiger partial charge in [0.1, 0.15) is 18.0 Å². The maximum atomic E-state index is 13.2. The summed E-state index contributed by atoms with van der Waals surface area (Å²) in [5.41, 5.74) is 3.62. The Hall–Kier alpha value is -4.57. The van der Waals surface area contributed by atoms with Gasteiger partial charge in [0.15, 0.2) is 0 Å². The minimum absolute atomic E-state index is 0.180. The number of pyridine rings is 1. The second-order valence-corrected chi connectivity index (χ2v) is 8.97. The minimum Gasteiger partial charge on any atom is -0.475 e. The van der Waals surface area contributed by atoms with Gasteiger partial charge in [-0.05, 0) is 66.9 Å². The van der Waals surface area contributed by atoms with Crippen molar-refractivity contribution in [1.29, 1.82) is 0 Å². The molecule has 1 aliphatic heterocycles. The number of rotatable bonds is 5. The van der Waals surface area contributed by atoms with E-state index in [2.05, 4.69) is 15.6 Å². The summed E-state index contributed by atoms with van der Waals surface area (Å²) in [4.78, 5) is 37.5. The van der Waals surface area contributed by atoms with E-state index in [-0.39, 0.29) is 17.2 Å². The molecule has 180 valence electrons. The first kappa shape index (κ1) is 21.9. The molecule has 1 atom stereocenters. The van der Waals surface area contributed by atoms with Gasteiger partial charge in [-0.1, -0.05) is 11.6 Å². The fraction of sp³-hybridized carbons (Fsp3) is 0.120. The van der Waals surface area contributed by atoms with Gasteiger partial charge in [-0.15, -0.1) is 5.10 Å². The third kappa shape index (κ3) is 3.68. The topological polar surface area (TPSA) is 135 Å². The maximum absolute atomic E-state index is 13.2. The number of aromatic carboxylic acids is 1. The van der Waals surface area contributed by atoms with Gasteiger partial charge in [0.05, 0.1) is 5.69 Å². The molecule has 1 aliphatic rings. The van der Waals surface area contributed by atoms with Crippen LogP contribution in [-0.2, 0) is 11.2 Å². The standard InChI is InChI=1S/C25H18ClN5O5/c26-15-1-4-19(30-12-27-29-30)18(11-15)13-8-17-3-5-20(31(17)23(32)10-13)24(33)28-16-2-6-21-14(7-16)9-22(36-21)25(34)35/h1-2,4,6-12,20,29H,3,5H2,(H,28,33)(H,34,35)/t20-/m0/s1. The Labute approximate surface area is 207 Å². The Morgan fingerprint density at radius 3 is 2.72 bits per heavy atom. The number of carbonyl (C=O) groups is 2. The molecule has 0 bridgehead atoms. The molecule has 10 nitrogen and oxygen atoms in total. The van der Waals surface area contributed by atoms with Crippen molar-refractivity contribution >= 4 is 40.1 Å². The molecule has 3 N–H and O–H groups in total. The zero-order valence-electron chi connectivity index (χ0n) is 18.6. The molecule has 2 aromatic carbocycles. The van der Waals surface area contributed by atoms with Crippen LogP contribution in [0.1, 0.15) is 28.7 Å². The summed E-state index contributed by atoms with van der Waals surface area (Å²) in [6.07, 6.45) is 2.66. The Bertz CT molecular complexity index is 1720. The predicted molar refractivity (Wildman–Crippen MR) is 132 cm³/mol. The van der Waals surface area contributed by atoms with Crippen LogP contribution in [0.3, 0.4) is 0 Å². The van der Waals surface area contributed by atoms with E-state index in [1.807, 2.05) is 12.1 Å². The van der Waals surface area contributed by atoms with E-state index < -0.39 is 12.0 Å². The number of H-pyrrole nitrogens is 1. The van der Waals surface area contributed by atoms with Crippen LogP contribution < -0.4 is 10.9 Å². The third-order valence-corrected chi connectivity index (χ3v) is 6.53. The summed E-state index contributed by atoms with van der Waals surface area (Å²) in [6, 6.07) is 14.4. The molecule has 0 saturated carbocycles. The summed E-state index contributed by atoms with van der Waals surface area (Å²) in [7, 11) is 0. The largest absolute Gasteiger partial charge is 0.475 e. The van der Waals surface area contributed by atoms with Gasteiger partial charge in [-0.2, -0.15) is 0 Å². The molecular formula is C25H18ClN5O5. The van der Waals surface area contributed by atoms with E-state index in [1.165, 1.54) is 16.7 Å². The highest BCUT2D eigenvalue weighted by Gasteiger charge is 2.30. The number of nitrogens with zero attached hydrogens (tertiary/aromatic N) is 3. The van der Waals surface area contributed by atoms with Crippen molar-refractivity contribution in [3.05, 3.63) is 87.8 Å². The van der Waals surface area contributed by atoms with Gasteiger partial charge < -0.3 is 19.4 Å². The number of nitrogens with one attached hydrogen (secondary N) is 2. The number of hydrogen-bond acceptors (Lipinski definition) is 5. The van der Waals surface area contributed by atoms with Gasteiger partial charge >= 0.3 is 5.97 Å². The Morgan fingerprint density at radius 2 is 1.97 bits per heavy atom. The smallest absolute Gasteiger partial charge is 0.371 e. The van der Waals surface area contributed by atoms with Gasteiger partial charge in [0.25, 0.3) is 5.56 Å². The van der Waals surface area contributed by atoms with Gasteiger partial charge in [0.2, 0.25) is 11.7 Å². The third-order valence-electron chi connectivity index (χ3n) is 6.30. The van der Waals surface area contributed by atoms with Crippen molar-refractivity contribution in [2.75, 3.05) is 5.32 Å². The zero-order chi connectivity index (χ0) is 25.0. The number of carbonyl (C=O) groups excluding carboxylic acids is 1. The molecule has 0 radical (unpaired) electrons. The molecular weight excluding hydrogens is 486 g/mol. The number of aromatic nitrogens is 4. The summed E-state index contributed by atoms with van der Waals surface area (Å²) in [5.74, 6) is -1.67. The van der Waals surface area contributed by atoms with Crippen LogP contribution in [0, 0.1) is 0 Å². The van der Waals surface area contributed by atoms with E-state index >= 15 is 0 Å². The van der Waals surface area contributed by atoms with Crippen LogP contribution in [0.25, 0.3) is 27.8 Å². The lowest BCUT2D eigenvalue weighted by Crippen LogP contribution is -2.31. The highest BCUT2D eigenvalue weighted by molar-refractivity contribution is 6.31. The maximum Gasteiger partial charge on any atom is 0.371 e. The number of aromatic amines is 1. The van der Waals surface area contributed by atoms with Crippen LogP contribution in [0.15, 0.2) is 70.1 Å². The molecule has 0 fully saturated rings. The summed E-state index contributed by atoms with van der Waals surface area (Å²) < 4.78 is 8.50. The van der Waals surface area contributed by atoms with Crippen molar-refractivity contribution in [1.82, 2.24) is 19.6 Å². The van der Waals surface area contributed by atoms with E-state index in [1.54, 1.807) is 41.3 Å². The second kappa shape index (κ2) is 8.28. The number of anilines is 1. The molecule has 0 unspecified atom stereocenters. The first-order valence-electron chi connectivity index (χ1n) is 11.1. The molecule has 0 spiro atoms. The number of halogens is 1. The molecule has 4 heterocycles. The molecule has 11 heteroatoms. The first-order chi connectivity index (χ1) is 17.4. The van der Waals surface area contributed by atoms with Crippen LogP contribution in [0.2, 0.25) is 5.02 Å². The van der Waals surface area contributed by atoms with Crippen molar-refractivity contribution < 1.29 is 19.1 Å². The van der Waals surface area contributed by atoms with E-state index in [0.717, 1.165) is 16.9 Å². The Balaban J connectivity index is 1.30. The van der Waals surface area contributed by atoms with Crippen molar-refractivity contribution in [2.24, 2.45) is 0 Å². The number of benzene rings is 2. The lowest BCUT2D eigenvalue weighted by atomic mass is 10.0. The molecule has 1 amide bonds. The SMILES string of the molecule is O=C(O)c1cc2cc(NC(=O)[C@@H]3CCc4cc(-c5cc(Cl)ccc5-n5cn[nH]5)cc(=O)n43)ccc2o1. The zero-order valence-corrected chi connectivity index (χ0v) is 19.3. The van der Waals surface area contributed by atoms with E-state index in [0.29, 0.717) is 40.1 Å². The number of carboxylic acid groups (broad SMARTS) is 1. The summed E-state index contributed by atoms with van der Waals surface area (Å²) >= 11 is 6.24. The van der Waals surface area contributed by atoms with Crippen LogP contribution in [0.4, 0.5) is 5.69 Å². The Kier molecular flexibility index (Phi) is 5.04. The van der Waals surface area contributed by atoms with Crippen molar-refractivity contribution in [3.8, 4) is 16.8 Å². The number of fused-ring (bicyclic) bond motifs is 2. The van der Waals surface area contributed by atoms with Crippen LogP contribution in [-0.4, -0.2) is 36.5 Å². The van der Waals surface area contributed by atoms with Crippen molar-refractivity contribution in [2.45, 2.75) is 18.9 Å². The van der Waals surface area contributed by atoms with Gasteiger partial charge in [-0.25, -0.2) is 14.7 Å². The summed E-state index contributed by atoms with van der Waals surface area (Å²) in [6.45, 7) is 0. The highest BCUT2D eigenvalue weighted by atomic mass is 35.5. The lowest BCUT2D eigenvalue weighted by molar-refractivity contribution is -0.119. The Morgan fingerprint density at radius 1 is 1.14 bits per heavy atom. The average Bonchev–Trinajstić information content (AvgIpc) is 3.43. The van der Waals surface area contributed by atoms with Gasteiger partial charge in [0, 0.05) is 33.4 Å². The number of amides is 1. The van der Waals surface area contributed by atoms with Gasteiger partial charge in [-0.3, -0.25) is 9.59 Å². The molecule has 0 aliphatic carbocycles. The number of aryl methyl sites for hydroxylation is 1. The van der Waals surface area contributed by atoms with Crippen molar-refractivity contribution in [3.63, 3.8) is 0 Å². The quantitative estimate of drug-likeness (QED) is 0.328.